The summed E-state index contributed by atoms with van der Waals surface area (Å²) in [6, 6.07) is 132. The maximum Gasteiger partial charge on any atom is 0.0546 e. The van der Waals surface area contributed by atoms with Gasteiger partial charge in [0, 0.05) is 67.9 Å². The van der Waals surface area contributed by atoms with Crippen molar-refractivity contribution >= 4 is 134 Å². The Labute approximate surface area is 536 Å². The zero-order valence-electron chi connectivity index (χ0n) is 50.6. The van der Waals surface area contributed by atoms with E-state index in [1.54, 1.807) is 0 Å². The molecule has 0 fully saturated rings. The van der Waals surface area contributed by atoms with E-state index >= 15 is 0 Å². The Morgan fingerprint density at radius 3 is 1.13 bits per heavy atom. The quantitative estimate of drug-likeness (QED) is 0.0749. The molecule has 4 heteroatoms. The summed E-state index contributed by atoms with van der Waals surface area (Å²) in [6.07, 6.45) is 4.40. The lowest BCUT2D eigenvalue weighted by Crippen LogP contribution is -2.11. The molecule has 0 heterocycles. The van der Waals surface area contributed by atoms with Gasteiger partial charge in [0.2, 0.25) is 0 Å². The number of hydrogen-bond acceptors (Lipinski definition) is 4. The van der Waals surface area contributed by atoms with Crippen LogP contribution in [0.4, 0.5) is 68.2 Å². The molecule has 0 N–H and O–H groups in total. The van der Waals surface area contributed by atoms with Gasteiger partial charge in [-0.15, -0.1) is 0 Å². The van der Waals surface area contributed by atoms with Crippen molar-refractivity contribution < 1.29 is 0 Å². The minimum absolute atomic E-state index is 1.08. The normalized spacial score (nSPS) is 11.4. The van der Waals surface area contributed by atoms with Gasteiger partial charge in [0.15, 0.2) is 0 Å². The molecule has 16 rings (SSSR count). The van der Waals surface area contributed by atoms with Crippen LogP contribution in [-0.2, 0) is 0 Å². The van der Waals surface area contributed by atoms with Gasteiger partial charge in [0.05, 0.1) is 5.69 Å². The molecule has 0 aliphatic rings. The highest BCUT2D eigenvalue weighted by atomic mass is 15.2. The van der Waals surface area contributed by atoms with Crippen LogP contribution < -0.4 is 19.6 Å². The first-order chi connectivity index (χ1) is 45.6. The van der Waals surface area contributed by atoms with Gasteiger partial charge in [-0.3, -0.25) is 0 Å². The number of anilines is 12. The molecular weight excluding hydrogens is 1110 g/mol. The minimum Gasteiger partial charge on any atom is -0.311 e. The van der Waals surface area contributed by atoms with E-state index in [0.717, 1.165) is 95.9 Å². The zero-order chi connectivity index (χ0) is 61.2. The van der Waals surface area contributed by atoms with Gasteiger partial charge in [-0.2, -0.15) is 0 Å². The number of para-hydroxylation sites is 5. The molecule has 0 bridgehead atoms. The lowest BCUT2D eigenvalue weighted by Gasteiger charge is -2.29. The molecule has 16 aromatic carbocycles. The van der Waals surface area contributed by atoms with Crippen LogP contribution in [0.25, 0.3) is 77.1 Å². The van der Waals surface area contributed by atoms with E-state index in [-0.39, 0.29) is 0 Å². The Balaban J connectivity index is 0.706. The Bertz CT molecular complexity index is 5300. The molecular formula is C88H62N4. The van der Waals surface area contributed by atoms with Crippen LogP contribution in [0.1, 0.15) is 11.1 Å². The van der Waals surface area contributed by atoms with Crippen molar-refractivity contribution in [3.8, 4) is 11.1 Å². The predicted molar refractivity (Wildman–Crippen MR) is 394 cm³/mol. The molecule has 4 nitrogen and oxygen atoms in total. The topological polar surface area (TPSA) is 13.0 Å². The Morgan fingerprint density at radius 1 is 0.163 bits per heavy atom. The molecule has 0 unspecified atom stereocenters. The summed E-state index contributed by atoms with van der Waals surface area (Å²) in [5, 5.41) is 11.9. The number of benzene rings is 16. The van der Waals surface area contributed by atoms with Crippen LogP contribution in [0.15, 0.2) is 364 Å². The lowest BCUT2D eigenvalue weighted by molar-refractivity contribution is 1.28. The van der Waals surface area contributed by atoms with Crippen molar-refractivity contribution in [1.29, 1.82) is 0 Å². The third kappa shape index (κ3) is 10.9. The fourth-order valence-corrected chi connectivity index (χ4v) is 13.2. The monoisotopic (exact) mass is 1170 g/mol. The fraction of sp³-hybridized carbons (Fsp3) is 0. The minimum atomic E-state index is 1.08. The van der Waals surface area contributed by atoms with E-state index in [1.165, 1.54) is 48.5 Å². The van der Waals surface area contributed by atoms with Crippen molar-refractivity contribution in [3.63, 3.8) is 0 Å². The third-order valence-corrected chi connectivity index (χ3v) is 17.6. The Hall–Kier alpha value is -12.2. The summed E-state index contributed by atoms with van der Waals surface area (Å²) in [5.74, 6) is 0. The second kappa shape index (κ2) is 24.4. The van der Waals surface area contributed by atoms with Gasteiger partial charge in [-0.1, -0.05) is 224 Å². The molecule has 0 amide bonds. The fourth-order valence-electron chi connectivity index (χ4n) is 13.2. The maximum absolute atomic E-state index is 2.41. The molecule has 0 aliphatic heterocycles. The van der Waals surface area contributed by atoms with E-state index in [4.69, 9.17) is 0 Å². The second-order valence-electron chi connectivity index (χ2n) is 23.4. The van der Waals surface area contributed by atoms with E-state index < -0.39 is 0 Å². The average molecular weight is 1180 g/mol. The van der Waals surface area contributed by atoms with Crippen molar-refractivity contribution in [3.05, 3.63) is 375 Å². The first kappa shape index (κ1) is 55.1. The standard InChI is InChI=1S/C88H62N4/c1-6-24-74(25-7-1)89(75-26-8-2-9-27-75)79-49-40-63(41-50-79)37-38-64-39-42-71-59-81(53-47-69(71)55-64)90(76-28-10-3-11-29-76)80-34-20-23-68(58-80)70-44-43-66-46-51-82(60-73(66)56-70)91(77-30-12-4-13-31-77)84-54-48-72-61-88(86-36-19-18-35-85(86)87(72)62-84)92(78-32-14-5-15-33-78)83-52-45-65-21-16-17-22-67(65)57-83/h1-62H/b38-37+. The summed E-state index contributed by atoms with van der Waals surface area (Å²) >= 11 is 0. The van der Waals surface area contributed by atoms with Gasteiger partial charge in [0.25, 0.3) is 0 Å². The molecule has 0 spiro atoms. The summed E-state index contributed by atoms with van der Waals surface area (Å²) in [7, 11) is 0. The predicted octanol–water partition coefficient (Wildman–Crippen LogP) is 25.2. The molecule has 0 radical (unpaired) electrons. The third-order valence-electron chi connectivity index (χ3n) is 17.6. The van der Waals surface area contributed by atoms with Gasteiger partial charge in [-0.25, -0.2) is 0 Å². The van der Waals surface area contributed by atoms with Crippen molar-refractivity contribution in [2.45, 2.75) is 0 Å². The molecule has 434 valence electrons. The largest absolute Gasteiger partial charge is 0.311 e. The number of hydrogen-bond donors (Lipinski definition) is 0. The van der Waals surface area contributed by atoms with Crippen LogP contribution >= 0.6 is 0 Å². The van der Waals surface area contributed by atoms with Crippen LogP contribution in [0.2, 0.25) is 0 Å². The summed E-state index contributed by atoms with van der Waals surface area (Å²) in [4.78, 5) is 9.46. The molecule has 0 saturated carbocycles. The molecule has 0 saturated heterocycles. The van der Waals surface area contributed by atoms with Crippen molar-refractivity contribution in [2.75, 3.05) is 19.6 Å². The van der Waals surface area contributed by atoms with Crippen LogP contribution in [0.3, 0.4) is 0 Å². The highest BCUT2D eigenvalue weighted by Gasteiger charge is 2.21. The van der Waals surface area contributed by atoms with Gasteiger partial charge in [-0.05, 0) is 222 Å². The molecule has 0 atom stereocenters. The van der Waals surface area contributed by atoms with Crippen LogP contribution in [0, 0.1) is 0 Å². The second-order valence-corrected chi connectivity index (χ2v) is 23.4. The van der Waals surface area contributed by atoms with Crippen molar-refractivity contribution in [2.24, 2.45) is 0 Å². The molecule has 92 heavy (non-hydrogen) atoms. The van der Waals surface area contributed by atoms with Gasteiger partial charge in [0.1, 0.15) is 0 Å². The van der Waals surface area contributed by atoms with Crippen LogP contribution in [-0.4, -0.2) is 0 Å². The summed E-state index contributed by atoms with van der Waals surface area (Å²) < 4.78 is 0. The SMILES string of the molecule is C(=C\c1ccc2cc(N(c3ccccc3)c3cccc(-c4ccc5ccc(N(c6ccccc6)c6ccc7cc(N(c8ccccc8)c8ccc9ccccc9c8)c8ccccc8c7c6)cc5c4)c3)ccc2c1)/c1ccc(N(c2ccccc2)c2ccccc2)cc1. The first-order valence-electron chi connectivity index (χ1n) is 31.5. The highest BCUT2D eigenvalue weighted by molar-refractivity contribution is 6.16. The van der Waals surface area contributed by atoms with Gasteiger partial charge < -0.3 is 19.6 Å². The average Bonchev–Trinajstić information content (AvgIpc) is 0.955. The molecule has 0 aromatic heterocycles. The zero-order valence-corrected chi connectivity index (χ0v) is 50.6. The number of rotatable bonds is 15. The van der Waals surface area contributed by atoms with E-state index in [0.29, 0.717) is 0 Å². The highest BCUT2D eigenvalue weighted by Crippen LogP contribution is 2.46. The summed E-state index contributed by atoms with van der Waals surface area (Å²) in [5.41, 5.74) is 17.8. The lowest BCUT2D eigenvalue weighted by atomic mass is 9.97. The van der Waals surface area contributed by atoms with E-state index in [9.17, 15) is 0 Å². The van der Waals surface area contributed by atoms with Crippen molar-refractivity contribution in [1.82, 2.24) is 0 Å². The number of fused-ring (bicyclic) bond motifs is 6. The van der Waals surface area contributed by atoms with Crippen LogP contribution in [0.5, 0.6) is 0 Å². The smallest absolute Gasteiger partial charge is 0.0546 e. The molecule has 16 aromatic rings. The Morgan fingerprint density at radius 2 is 0.522 bits per heavy atom. The van der Waals surface area contributed by atoms with Gasteiger partial charge >= 0.3 is 0 Å². The van der Waals surface area contributed by atoms with E-state index in [2.05, 4.69) is 396 Å². The summed E-state index contributed by atoms with van der Waals surface area (Å²) in [6.45, 7) is 0. The van der Waals surface area contributed by atoms with E-state index in [1.807, 2.05) is 0 Å². The number of nitrogens with zero attached hydrogens (tertiary/aromatic N) is 4. The molecule has 0 aliphatic carbocycles. The first-order valence-corrected chi connectivity index (χ1v) is 31.5. The Kier molecular flexibility index (Phi) is 14.6. The maximum atomic E-state index is 2.41.